The average Bonchev–Trinajstić information content (AvgIpc) is 2.58. The third kappa shape index (κ3) is 3.38. The summed E-state index contributed by atoms with van der Waals surface area (Å²) in [7, 11) is 0. The van der Waals surface area contributed by atoms with Gasteiger partial charge in [0.05, 0.1) is 6.10 Å². The van der Waals surface area contributed by atoms with Gasteiger partial charge in [0.25, 0.3) is 6.43 Å². The van der Waals surface area contributed by atoms with E-state index in [-0.39, 0.29) is 6.54 Å². The van der Waals surface area contributed by atoms with Crippen LogP contribution in [0.3, 0.4) is 0 Å². The van der Waals surface area contributed by atoms with Crippen LogP contribution >= 0.6 is 11.3 Å². The number of thiophene rings is 1. The van der Waals surface area contributed by atoms with Crippen molar-refractivity contribution in [3.63, 3.8) is 0 Å². The molecular formula is C8H11F2NOS. The first-order chi connectivity index (χ1) is 6.24. The molecule has 1 unspecified atom stereocenters. The second kappa shape index (κ2) is 5.26. The molecule has 0 fully saturated rings. The Morgan fingerprint density at radius 3 is 2.77 bits per heavy atom. The van der Waals surface area contributed by atoms with Crippen molar-refractivity contribution in [1.29, 1.82) is 0 Å². The summed E-state index contributed by atoms with van der Waals surface area (Å²) in [5, 5.41) is 3.72. The topological polar surface area (TPSA) is 35.2 Å². The summed E-state index contributed by atoms with van der Waals surface area (Å²) >= 11 is 1.49. The highest BCUT2D eigenvalue weighted by atomic mass is 32.1. The van der Waals surface area contributed by atoms with Crippen LogP contribution in [0.2, 0.25) is 0 Å². The Labute approximate surface area is 79.3 Å². The third-order valence-corrected chi connectivity index (χ3v) is 2.25. The summed E-state index contributed by atoms with van der Waals surface area (Å²) in [5.41, 5.74) is 6.25. The minimum Gasteiger partial charge on any atom is -0.366 e. The van der Waals surface area contributed by atoms with Crippen LogP contribution < -0.4 is 5.73 Å². The molecule has 0 saturated heterocycles. The molecule has 1 heterocycles. The predicted molar refractivity (Wildman–Crippen MR) is 48.1 cm³/mol. The number of hydrogen-bond acceptors (Lipinski definition) is 3. The van der Waals surface area contributed by atoms with Crippen LogP contribution in [0, 0.1) is 0 Å². The Morgan fingerprint density at radius 1 is 1.54 bits per heavy atom. The fourth-order valence-corrected chi connectivity index (χ4v) is 1.65. The fraction of sp³-hybridized carbons (Fsp3) is 0.500. The van der Waals surface area contributed by atoms with Crippen LogP contribution in [0.5, 0.6) is 0 Å². The summed E-state index contributed by atoms with van der Waals surface area (Å²) in [4.78, 5) is 0. The molecule has 0 saturated carbocycles. The maximum absolute atomic E-state index is 11.8. The lowest BCUT2D eigenvalue weighted by atomic mass is 10.2. The normalized spacial score (nSPS) is 13.5. The third-order valence-electron chi connectivity index (χ3n) is 1.55. The smallest absolute Gasteiger partial charge is 0.261 e. The average molecular weight is 207 g/mol. The quantitative estimate of drug-likeness (QED) is 0.801. The van der Waals surface area contributed by atoms with Crippen molar-refractivity contribution in [1.82, 2.24) is 0 Å². The Hall–Kier alpha value is -0.520. The Balaban J connectivity index is 2.44. The van der Waals surface area contributed by atoms with Crippen LogP contribution in [0.25, 0.3) is 0 Å². The Bertz CT molecular complexity index is 228. The first kappa shape index (κ1) is 10.6. The summed E-state index contributed by atoms with van der Waals surface area (Å²) in [6, 6.07) is 1.83. The predicted octanol–water partition coefficient (Wildman–Crippen LogP) is 2.03. The van der Waals surface area contributed by atoms with Crippen LogP contribution in [-0.2, 0) is 4.74 Å². The van der Waals surface area contributed by atoms with Gasteiger partial charge in [-0.2, -0.15) is 11.3 Å². The van der Waals surface area contributed by atoms with E-state index < -0.39 is 19.1 Å². The number of halogens is 2. The van der Waals surface area contributed by atoms with Crippen molar-refractivity contribution in [2.75, 3.05) is 13.2 Å². The zero-order chi connectivity index (χ0) is 9.68. The van der Waals surface area contributed by atoms with Crippen LogP contribution in [0.4, 0.5) is 8.78 Å². The molecular weight excluding hydrogens is 196 g/mol. The van der Waals surface area contributed by atoms with Crippen molar-refractivity contribution in [3.05, 3.63) is 22.4 Å². The zero-order valence-corrected chi connectivity index (χ0v) is 7.77. The van der Waals surface area contributed by atoms with Crippen molar-refractivity contribution in [2.45, 2.75) is 12.5 Å². The molecule has 2 nitrogen and oxygen atoms in total. The van der Waals surface area contributed by atoms with Crippen LogP contribution in [-0.4, -0.2) is 19.6 Å². The van der Waals surface area contributed by atoms with E-state index in [9.17, 15) is 8.78 Å². The first-order valence-electron chi connectivity index (χ1n) is 3.86. The van der Waals surface area contributed by atoms with E-state index in [4.69, 9.17) is 10.5 Å². The molecule has 13 heavy (non-hydrogen) atoms. The molecule has 0 amide bonds. The molecule has 1 rings (SSSR count). The van der Waals surface area contributed by atoms with Gasteiger partial charge in [-0.05, 0) is 22.4 Å². The molecule has 5 heteroatoms. The van der Waals surface area contributed by atoms with Gasteiger partial charge in [0.1, 0.15) is 6.61 Å². The van der Waals surface area contributed by atoms with Crippen LogP contribution in [0.15, 0.2) is 16.8 Å². The number of ether oxygens (including phenoxy) is 1. The molecule has 1 atom stereocenters. The molecule has 2 N–H and O–H groups in total. The van der Waals surface area contributed by atoms with E-state index in [1.165, 1.54) is 11.3 Å². The van der Waals surface area contributed by atoms with Crippen molar-refractivity contribution < 1.29 is 13.5 Å². The molecule has 1 aromatic heterocycles. The van der Waals surface area contributed by atoms with Gasteiger partial charge in [0, 0.05) is 6.54 Å². The summed E-state index contributed by atoms with van der Waals surface area (Å²) in [6.07, 6.45) is -2.84. The van der Waals surface area contributed by atoms with Crippen molar-refractivity contribution >= 4 is 11.3 Å². The molecule has 0 radical (unpaired) electrons. The summed E-state index contributed by atoms with van der Waals surface area (Å²) in [6.45, 7) is -0.332. The van der Waals surface area contributed by atoms with Gasteiger partial charge >= 0.3 is 0 Å². The monoisotopic (exact) mass is 207 g/mol. The Morgan fingerprint density at radius 2 is 2.31 bits per heavy atom. The second-order valence-electron chi connectivity index (χ2n) is 2.51. The number of hydrogen-bond donors (Lipinski definition) is 1. The van der Waals surface area contributed by atoms with Crippen molar-refractivity contribution in [3.8, 4) is 0 Å². The molecule has 0 aliphatic heterocycles. The second-order valence-corrected chi connectivity index (χ2v) is 3.29. The van der Waals surface area contributed by atoms with Gasteiger partial charge in [-0.1, -0.05) is 0 Å². The molecule has 1 aromatic rings. The fourth-order valence-electron chi connectivity index (χ4n) is 0.947. The SMILES string of the molecule is NCC(OCC(F)F)c1ccsc1. The molecule has 0 aliphatic rings. The molecule has 0 aliphatic carbocycles. The lowest BCUT2D eigenvalue weighted by Gasteiger charge is -2.13. The minimum atomic E-state index is -2.44. The van der Waals surface area contributed by atoms with Crippen molar-refractivity contribution in [2.24, 2.45) is 5.73 Å². The standard InChI is InChI=1S/C8H11F2NOS/c9-8(10)4-12-7(3-11)6-1-2-13-5-6/h1-2,5,7-8H,3-4,11H2. The number of alkyl halides is 2. The molecule has 0 bridgehead atoms. The van der Waals surface area contributed by atoms with E-state index in [0.717, 1.165) is 5.56 Å². The maximum atomic E-state index is 11.8. The summed E-state index contributed by atoms with van der Waals surface area (Å²) < 4.78 is 28.5. The van der Waals surface area contributed by atoms with Gasteiger partial charge < -0.3 is 10.5 Å². The Kier molecular flexibility index (Phi) is 4.27. The zero-order valence-electron chi connectivity index (χ0n) is 6.95. The van der Waals surface area contributed by atoms with Gasteiger partial charge in [-0.25, -0.2) is 8.78 Å². The molecule has 0 aromatic carbocycles. The van der Waals surface area contributed by atoms with Gasteiger partial charge in [-0.15, -0.1) is 0 Å². The lowest BCUT2D eigenvalue weighted by molar-refractivity contribution is -0.0215. The molecule has 0 spiro atoms. The number of nitrogens with two attached hydrogens (primary N) is 1. The van der Waals surface area contributed by atoms with E-state index >= 15 is 0 Å². The largest absolute Gasteiger partial charge is 0.366 e. The van der Waals surface area contributed by atoms with Gasteiger partial charge in [0.2, 0.25) is 0 Å². The minimum absolute atomic E-state index is 0.226. The van der Waals surface area contributed by atoms with E-state index in [1.54, 1.807) is 0 Å². The highest BCUT2D eigenvalue weighted by molar-refractivity contribution is 7.07. The van der Waals surface area contributed by atoms with Crippen LogP contribution in [0.1, 0.15) is 11.7 Å². The van der Waals surface area contributed by atoms with Gasteiger partial charge in [0.15, 0.2) is 0 Å². The maximum Gasteiger partial charge on any atom is 0.261 e. The summed E-state index contributed by atoms with van der Waals surface area (Å²) in [5.74, 6) is 0. The first-order valence-corrected chi connectivity index (χ1v) is 4.80. The van der Waals surface area contributed by atoms with E-state index in [2.05, 4.69) is 0 Å². The molecule has 74 valence electrons. The number of rotatable bonds is 5. The lowest BCUT2D eigenvalue weighted by Crippen LogP contribution is -2.18. The van der Waals surface area contributed by atoms with E-state index in [1.807, 2.05) is 16.8 Å². The highest BCUT2D eigenvalue weighted by Crippen LogP contribution is 2.19. The van der Waals surface area contributed by atoms with Gasteiger partial charge in [-0.3, -0.25) is 0 Å². The highest BCUT2D eigenvalue weighted by Gasteiger charge is 2.12. The van der Waals surface area contributed by atoms with E-state index in [0.29, 0.717) is 0 Å².